The fraction of sp³-hybridized carbons (Fsp3) is 0.134. The molecule has 0 unspecified atom stereocenters. The molecule has 0 radical (unpaired) electrons. The minimum atomic E-state index is 0. The van der Waals surface area contributed by atoms with Crippen molar-refractivity contribution in [1.29, 1.82) is 0 Å². The van der Waals surface area contributed by atoms with Gasteiger partial charge in [-0.15, -0.1) is 88.0 Å². The SMILES string of the molecule is C.CC1(C)c2ccccc2-c2c[c-]c(-c3nccc4ccccc34)cc21.CC1(C)c2ccccc2-c2c[c-]c(-c3nccc4ccccc34)cc21.CC1(C)c2ccccc2-c2c[c-]c(-c3nccc4ccccc34)cc21.CC1(C)c2ccccc2-c2ccc(-c3nccc4ccccc34)cc21.[Ir+3]. The number of benzene rings is 12. The number of hydrogen-bond acceptors (Lipinski definition) is 4. The molecule has 12 aromatic carbocycles. The third kappa shape index (κ3) is 11.1. The standard InChI is InChI=1S/C24H19N.3C24H18N.CH4.Ir/c4*1-24(2)21-10-6-5-9-19(21)20-12-11-17(15-22(20)24)23-18-8-4-3-7-16(18)13-14-25-23;;/h3-15H,1-2H3;3*3-10,12-15H,1-2H3;1H4;/q;3*-1;;+3. The van der Waals surface area contributed by atoms with Crippen LogP contribution in [-0.2, 0) is 41.8 Å². The van der Waals surface area contributed by atoms with Crippen molar-refractivity contribution in [2.75, 3.05) is 0 Å². The molecule has 0 spiro atoms. The summed E-state index contributed by atoms with van der Waals surface area (Å²) in [6.07, 6.45) is 7.57. The zero-order chi connectivity index (χ0) is 68.1. The Morgan fingerprint density at radius 1 is 0.235 bits per heavy atom. The number of fused-ring (bicyclic) bond motifs is 16. The molecule has 4 heterocycles. The van der Waals surface area contributed by atoms with Crippen molar-refractivity contribution in [3.05, 3.63) is 360 Å². The molecule has 0 amide bonds. The van der Waals surface area contributed by atoms with Crippen molar-refractivity contribution in [2.24, 2.45) is 0 Å². The largest absolute Gasteiger partial charge is 3.00 e. The van der Waals surface area contributed by atoms with Gasteiger partial charge in [0.1, 0.15) is 0 Å². The van der Waals surface area contributed by atoms with E-state index in [1.165, 1.54) is 138 Å². The molecule has 0 bridgehead atoms. The number of pyridine rings is 4. The predicted octanol–water partition coefficient (Wildman–Crippen LogP) is 24.9. The molecule has 494 valence electrons. The van der Waals surface area contributed by atoms with Crippen molar-refractivity contribution in [3.8, 4) is 89.5 Å². The molecule has 5 heteroatoms. The summed E-state index contributed by atoms with van der Waals surface area (Å²) in [5.41, 5.74) is 30.1. The summed E-state index contributed by atoms with van der Waals surface area (Å²) in [5, 5.41) is 9.60. The van der Waals surface area contributed by atoms with E-state index in [0.717, 1.165) is 39.5 Å². The Morgan fingerprint density at radius 2 is 0.480 bits per heavy atom. The van der Waals surface area contributed by atoms with E-state index in [9.17, 15) is 0 Å². The second-order valence-electron chi connectivity index (χ2n) is 29.0. The van der Waals surface area contributed by atoms with Gasteiger partial charge in [0.15, 0.2) is 0 Å². The molecule has 0 N–H and O–H groups in total. The summed E-state index contributed by atoms with van der Waals surface area (Å²) in [4.78, 5) is 18.7. The number of aromatic nitrogens is 4. The first-order valence-electron chi connectivity index (χ1n) is 34.7. The molecular formula is C97H77IrN4. The van der Waals surface area contributed by atoms with Crippen LogP contribution in [0.15, 0.2) is 298 Å². The second kappa shape index (κ2) is 26.1. The first kappa shape index (κ1) is 66.8. The average Bonchev–Trinajstić information content (AvgIpc) is 1.59. The molecule has 4 aliphatic carbocycles. The quantitative estimate of drug-likeness (QED) is 0.165. The van der Waals surface area contributed by atoms with Gasteiger partial charge < -0.3 is 15.0 Å². The summed E-state index contributed by atoms with van der Waals surface area (Å²) < 4.78 is 0. The van der Waals surface area contributed by atoms with E-state index in [4.69, 9.17) is 4.98 Å². The van der Waals surface area contributed by atoms with Crippen molar-refractivity contribution in [3.63, 3.8) is 0 Å². The van der Waals surface area contributed by atoms with Crippen LogP contribution in [-0.4, -0.2) is 19.9 Å². The van der Waals surface area contributed by atoms with Gasteiger partial charge >= 0.3 is 20.1 Å². The third-order valence-electron chi connectivity index (χ3n) is 21.9. The molecule has 4 aromatic heterocycles. The average molecular weight is 1490 g/mol. The Hall–Kier alpha value is -11.1. The van der Waals surface area contributed by atoms with Crippen LogP contribution in [0.25, 0.3) is 133 Å². The van der Waals surface area contributed by atoms with Gasteiger partial charge in [-0.3, -0.25) is 4.98 Å². The number of hydrogen-bond donors (Lipinski definition) is 0. The molecule has 0 saturated carbocycles. The first-order valence-corrected chi connectivity index (χ1v) is 34.7. The van der Waals surface area contributed by atoms with E-state index in [2.05, 4.69) is 362 Å². The third-order valence-corrected chi connectivity index (χ3v) is 21.9. The van der Waals surface area contributed by atoms with E-state index in [0.29, 0.717) is 0 Å². The number of rotatable bonds is 4. The second-order valence-corrected chi connectivity index (χ2v) is 29.0. The molecule has 16 aromatic rings. The van der Waals surface area contributed by atoms with Gasteiger partial charge in [-0.25, -0.2) is 0 Å². The summed E-state index contributed by atoms with van der Waals surface area (Å²) in [5.74, 6) is 0. The Kier molecular flexibility index (Phi) is 17.1. The maximum atomic E-state index is 4.70. The molecule has 0 atom stereocenters. The summed E-state index contributed by atoms with van der Waals surface area (Å²) in [6.45, 7) is 18.5. The van der Waals surface area contributed by atoms with Gasteiger partial charge in [0.05, 0.1) is 5.69 Å². The maximum Gasteiger partial charge on any atom is 3.00 e. The van der Waals surface area contributed by atoms with E-state index >= 15 is 0 Å². The zero-order valence-corrected chi connectivity index (χ0v) is 60.3. The van der Waals surface area contributed by atoms with Crippen LogP contribution in [0.3, 0.4) is 0 Å². The van der Waals surface area contributed by atoms with E-state index in [1.54, 1.807) is 0 Å². The van der Waals surface area contributed by atoms with Gasteiger partial charge in [0.2, 0.25) is 0 Å². The van der Waals surface area contributed by atoms with Crippen LogP contribution in [0.1, 0.15) is 107 Å². The molecule has 20 rings (SSSR count). The van der Waals surface area contributed by atoms with Gasteiger partial charge in [-0.2, -0.15) is 0 Å². The summed E-state index contributed by atoms with van der Waals surface area (Å²) >= 11 is 0. The van der Waals surface area contributed by atoms with Gasteiger partial charge in [0.25, 0.3) is 0 Å². The van der Waals surface area contributed by atoms with Gasteiger partial charge in [-0.1, -0.05) is 302 Å². The van der Waals surface area contributed by atoms with Crippen LogP contribution < -0.4 is 0 Å². The molecule has 0 aliphatic heterocycles. The van der Waals surface area contributed by atoms with Crippen LogP contribution >= 0.6 is 0 Å². The van der Waals surface area contributed by atoms with Crippen molar-refractivity contribution < 1.29 is 20.1 Å². The van der Waals surface area contributed by atoms with Crippen LogP contribution in [0.5, 0.6) is 0 Å². The van der Waals surface area contributed by atoms with E-state index in [-0.39, 0.29) is 49.2 Å². The molecule has 0 fully saturated rings. The number of nitrogens with zero attached hydrogens (tertiary/aromatic N) is 4. The van der Waals surface area contributed by atoms with Crippen LogP contribution in [0.2, 0.25) is 0 Å². The minimum Gasteiger partial charge on any atom is -0.304 e. The topological polar surface area (TPSA) is 51.6 Å². The molecular weight excluding hydrogens is 1410 g/mol. The Labute approximate surface area is 613 Å². The van der Waals surface area contributed by atoms with Crippen molar-refractivity contribution in [2.45, 2.75) is 84.5 Å². The fourth-order valence-corrected chi connectivity index (χ4v) is 16.5. The minimum absolute atomic E-state index is 0. The Balaban J connectivity index is 0.000000109. The van der Waals surface area contributed by atoms with Crippen LogP contribution in [0, 0.1) is 18.2 Å². The Morgan fingerprint density at radius 3 is 0.804 bits per heavy atom. The molecule has 102 heavy (non-hydrogen) atoms. The van der Waals surface area contributed by atoms with Crippen LogP contribution in [0.4, 0.5) is 0 Å². The zero-order valence-electron chi connectivity index (χ0n) is 57.9. The van der Waals surface area contributed by atoms with E-state index in [1.807, 2.05) is 24.8 Å². The van der Waals surface area contributed by atoms with Gasteiger partial charge in [-0.05, 0) is 140 Å². The monoisotopic (exact) mass is 1490 g/mol. The van der Waals surface area contributed by atoms with Crippen molar-refractivity contribution >= 4 is 43.1 Å². The smallest absolute Gasteiger partial charge is 0.304 e. The predicted molar refractivity (Wildman–Crippen MR) is 422 cm³/mol. The first-order chi connectivity index (χ1) is 48.6. The summed E-state index contributed by atoms with van der Waals surface area (Å²) in [6, 6.07) is 107. The van der Waals surface area contributed by atoms with Crippen molar-refractivity contribution in [1.82, 2.24) is 19.9 Å². The van der Waals surface area contributed by atoms with E-state index < -0.39 is 0 Å². The normalized spacial score (nSPS) is 14.0. The Bertz CT molecular complexity index is 5200. The molecule has 4 nitrogen and oxygen atoms in total. The fourth-order valence-electron chi connectivity index (χ4n) is 16.5. The summed E-state index contributed by atoms with van der Waals surface area (Å²) in [7, 11) is 0. The maximum absolute atomic E-state index is 4.70. The molecule has 4 aliphatic rings. The van der Waals surface area contributed by atoms with Gasteiger partial charge in [0, 0.05) is 41.2 Å². The molecule has 0 saturated heterocycles.